The summed E-state index contributed by atoms with van der Waals surface area (Å²) in [6.07, 6.45) is 4.13. The summed E-state index contributed by atoms with van der Waals surface area (Å²) in [7, 11) is 1.96. The number of hydrogen-bond acceptors (Lipinski definition) is 2. The molecule has 0 amide bonds. The molecule has 0 aromatic heterocycles. The van der Waals surface area contributed by atoms with Gasteiger partial charge in [0.1, 0.15) is 0 Å². The van der Waals surface area contributed by atoms with E-state index in [0.29, 0.717) is 5.92 Å². The normalized spacial score (nSPS) is 12.2. The third-order valence-corrected chi connectivity index (χ3v) is 2.51. The van der Waals surface area contributed by atoms with Crippen LogP contribution in [0.3, 0.4) is 0 Å². The Morgan fingerprint density at radius 1 is 1.57 bits per heavy atom. The number of nitrogens with one attached hydrogen (secondary N) is 1. The van der Waals surface area contributed by atoms with Gasteiger partial charge in [0.25, 0.3) is 0 Å². The van der Waals surface area contributed by atoms with E-state index in [1.807, 2.05) is 13.2 Å². The zero-order valence-corrected chi connectivity index (χ0v) is 9.84. The van der Waals surface area contributed by atoms with E-state index in [4.69, 9.17) is 0 Å². The summed E-state index contributed by atoms with van der Waals surface area (Å²) in [6, 6.07) is 0. The van der Waals surface area contributed by atoms with Crippen molar-refractivity contribution < 1.29 is 0 Å². The number of allylic oxidation sites excluding steroid dienone is 1. The van der Waals surface area contributed by atoms with Crippen LogP contribution in [0.15, 0.2) is 25.1 Å². The van der Waals surface area contributed by atoms with E-state index in [-0.39, 0.29) is 0 Å². The van der Waals surface area contributed by atoms with Crippen LogP contribution < -0.4 is 5.32 Å². The van der Waals surface area contributed by atoms with Gasteiger partial charge in [-0.1, -0.05) is 33.4 Å². The van der Waals surface area contributed by atoms with Crippen LogP contribution in [0.1, 0.15) is 26.7 Å². The highest BCUT2D eigenvalue weighted by Crippen LogP contribution is 2.16. The molecule has 0 spiro atoms. The first kappa shape index (κ1) is 13.2. The van der Waals surface area contributed by atoms with Gasteiger partial charge in [-0.25, -0.2) is 0 Å². The molecule has 82 valence electrons. The van der Waals surface area contributed by atoms with Crippen molar-refractivity contribution in [3.05, 3.63) is 25.1 Å². The van der Waals surface area contributed by atoms with Crippen molar-refractivity contribution in [3.8, 4) is 0 Å². The zero-order chi connectivity index (χ0) is 11.0. The molecule has 1 atom stereocenters. The molecule has 0 saturated carbocycles. The molecule has 0 saturated heterocycles. The molecule has 1 unspecified atom stereocenters. The molecule has 2 nitrogen and oxygen atoms in total. The van der Waals surface area contributed by atoms with Crippen molar-refractivity contribution in [1.82, 2.24) is 10.2 Å². The van der Waals surface area contributed by atoms with Crippen molar-refractivity contribution in [3.63, 3.8) is 0 Å². The highest BCUT2D eigenvalue weighted by atomic mass is 15.1. The summed E-state index contributed by atoms with van der Waals surface area (Å²) < 4.78 is 0. The molecule has 1 N–H and O–H groups in total. The van der Waals surface area contributed by atoms with Crippen LogP contribution in [0.5, 0.6) is 0 Å². The first-order valence-electron chi connectivity index (χ1n) is 5.37. The van der Waals surface area contributed by atoms with Crippen LogP contribution in [-0.4, -0.2) is 25.0 Å². The Hall–Kier alpha value is -0.760. The lowest BCUT2D eigenvalue weighted by molar-refractivity contribution is 0.409. The van der Waals surface area contributed by atoms with Crippen LogP contribution >= 0.6 is 0 Å². The summed E-state index contributed by atoms with van der Waals surface area (Å²) >= 11 is 0. The van der Waals surface area contributed by atoms with E-state index < -0.39 is 0 Å². The Bertz CT molecular complexity index is 175. The zero-order valence-electron chi connectivity index (χ0n) is 9.84. The Balaban J connectivity index is 3.97. The van der Waals surface area contributed by atoms with Crippen molar-refractivity contribution in [2.75, 3.05) is 20.1 Å². The van der Waals surface area contributed by atoms with Gasteiger partial charge in [0, 0.05) is 18.8 Å². The molecule has 0 aromatic carbocycles. The maximum absolute atomic E-state index is 4.09. The van der Waals surface area contributed by atoms with Gasteiger partial charge in [0.05, 0.1) is 0 Å². The SMILES string of the molecule is C=CN(CCNC)C(=C)CC(C)CC. The van der Waals surface area contributed by atoms with Crippen molar-refractivity contribution in [1.29, 1.82) is 0 Å². The third-order valence-electron chi connectivity index (χ3n) is 2.51. The average Bonchev–Trinajstić information content (AvgIpc) is 2.18. The second-order valence-electron chi connectivity index (χ2n) is 3.76. The van der Waals surface area contributed by atoms with Crippen molar-refractivity contribution >= 4 is 0 Å². The first-order valence-corrected chi connectivity index (χ1v) is 5.37. The van der Waals surface area contributed by atoms with Gasteiger partial charge >= 0.3 is 0 Å². The lowest BCUT2D eigenvalue weighted by Crippen LogP contribution is -2.26. The molecule has 0 aliphatic rings. The molecular formula is C12H24N2. The number of likely N-dealkylation sites (N-methyl/N-ethyl adjacent to an activating group) is 1. The summed E-state index contributed by atoms with van der Waals surface area (Å²) in [5.41, 5.74) is 1.17. The van der Waals surface area contributed by atoms with Gasteiger partial charge < -0.3 is 10.2 Å². The van der Waals surface area contributed by atoms with Crippen LogP contribution in [-0.2, 0) is 0 Å². The fourth-order valence-electron chi connectivity index (χ4n) is 1.27. The summed E-state index contributed by atoms with van der Waals surface area (Å²) in [4.78, 5) is 2.13. The molecule has 0 aliphatic heterocycles. The van der Waals surface area contributed by atoms with Gasteiger partial charge in [-0.2, -0.15) is 0 Å². The third kappa shape index (κ3) is 5.07. The van der Waals surface area contributed by atoms with E-state index in [0.717, 1.165) is 19.5 Å². The van der Waals surface area contributed by atoms with Gasteiger partial charge in [-0.3, -0.25) is 0 Å². The van der Waals surface area contributed by atoms with E-state index in [2.05, 4.69) is 37.2 Å². The molecule has 0 fully saturated rings. The fourth-order valence-corrected chi connectivity index (χ4v) is 1.27. The van der Waals surface area contributed by atoms with Crippen molar-refractivity contribution in [2.45, 2.75) is 26.7 Å². The van der Waals surface area contributed by atoms with Gasteiger partial charge in [0.2, 0.25) is 0 Å². The Kier molecular flexibility index (Phi) is 7.21. The quantitative estimate of drug-likeness (QED) is 0.642. The van der Waals surface area contributed by atoms with Crippen LogP contribution in [0.25, 0.3) is 0 Å². The standard InChI is InChI=1S/C12H24N2/c1-6-11(3)10-12(4)14(7-2)9-8-13-5/h7,11,13H,2,4,6,8-10H2,1,3,5H3. The van der Waals surface area contributed by atoms with E-state index in [1.54, 1.807) is 0 Å². The van der Waals surface area contributed by atoms with E-state index in [1.165, 1.54) is 12.1 Å². The molecule has 0 bridgehead atoms. The molecule has 0 rings (SSSR count). The van der Waals surface area contributed by atoms with Gasteiger partial charge in [-0.15, -0.1) is 0 Å². The van der Waals surface area contributed by atoms with Crippen LogP contribution in [0, 0.1) is 5.92 Å². The predicted molar refractivity (Wildman–Crippen MR) is 64.0 cm³/mol. The summed E-state index contributed by atoms with van der Waals surface area (Å²) in [5.74, 6) is 0.708. The minimum Gasteiger partial charge on any atom is -0.351 e. The number of rotatable bonds is 8. The van der Waals surface area contributed by atoms with E-state index >= 15 is 0 Å². The van der Waals surface area contributed by atoms with Crippen LogP contribution in [0.2, 0.25) is 0 Å². The number of hydrogen-bond donors (Lipinski definition) is 1. The fraction of sp³-hybridized carbons (Fsp3) is 0.667. The van der Waals surface area contributed by atoms with Gasteiger partial charge in [0.15, 0.2) is 0 Å². The minimum absolute atomic E-state index is 0.708. The molecular weight excluding hydrogens is 172 g/mol. The topological polar surface area (TPSA) is 15.3 Å². The van der Waals surface area contributed by atoms with Crippen molar-refractivity contribution in [2.24, 2.45) is 5.92 Å². The minimum atomic E-state index is 0.708. The summed E-state index contributed by atoms with van der Waals surface area (Å²) in [5, 5.41) is 3.12. The second kappa shape index (κ2) is 7.63. The second-order valence-corrected chi connectivity index (χ2v) is 3.76. The maximum Gasteiger partial charge on any atom is 0.0346 e. The van der Waals surface area contributed by atoms with E-state index in [9.17, 15) is 0 Å². The van der Waals surface area contributed by atoms with Gasteiger partial charge in [-0.05, 0) is 25.6 Å². The summed E-state index contributed by atoms with van der Waals surface area (Å²) in [6.45, 7) is 14.3. The maximum atomic E-state index is 4.09. The monoisotopic (exact) mass is 196 g/mol. The molecule has 0 aliphatic carbocycles. The van der Waals surface area contributed by atoms with Crippen LogP contribution in [0.4, 0.5) is 0 Å². The highest BCUT2D eigenvalue weighted by Gasteiger charge is 2.06. The predicted octanol–water partition coefficient (Wildman–Crippen LogP) is 2.60. The molecule has 0 aromatic rings. The highest BCUT2D eigenvalue weighted by molar-refractivity contribution is 4.99. The smallest absolute Gasteiger partial charge is 0.0346 e. The number of nitrogens with zero attached hydrogens (tertiary/aromatic N) is 1. The lowest BCUT2D eigenvalue weighted by atomic mass is 10.0. The Morgan fingerprint density at radius 2 is 2.21 bits per heavy atom. The lowest BCUT2D eigenvalue weighted by Gasteiger charge is -2.24. The Morgan fingerprint density at radius 3 is 2.64 bits per heavy atom. The largest absolute Gasteiger partial charge is 0.351 e. The first-order chi connectivity index (χ1) is 6.65. The Labute approximate surface area is 88.7 Å². The molecule has 14 heavy (non-hydrogen) atoms. The average molecular weight is 196 g/mol. The molecule has 0 heterocycles. The molecule has 2 heteroatoms. The molecule has 0 radical (unpaired) electrons.